The van der Waals surface area contributed by atoms with E-state index in [1.807, 2.05) is 19.9 Å². The van der Waals surface area contributed by atoms with E-state index in [1.54, 1.807) is 0 Å². The first-order valence-electron chi connectivity index (χ1n) is 9.09. The van der Waals surface area contributed by atoms with Crippen LogP contribution in [-0.4, -0.2) is 50.5 Å². The van der Waals surface area contributed by atoms with Crippen LogP contribution in [0, 0.1) is 6.92 Å². The van der Waals surface area contributed by atoms with Crippen LogP contribution in [0.4, 0.5) is 0 Å². The molecule has 0 amide bonds. The first kappa shape index (κ1) is 23.7. The molecule has 0 aliphatic rings. The molecule has 1 aromatic heterocycles. The van der Waals surface area contributed by atoms with Gasteiger partial charge in [-0.1, -0.05) is 18.2 Å². The van der Waals surface area contributed by atoms with Crippen LogP contribution in [0.5, 0.6) is 0 Å². The van der Waals surface area contributed by atoms with E-state index in [1.165, 1.54) is 22.9 Å². The summed E-state index contributed by atoms with van der Waals surface area (Å²) < 4.78 is 22.6. The Labute approximate surface area is 179 Å². The summed E-state index contributed by atoms with van der Waals surface area (Å²) in [5.74, 6) is 0.903. The average molecular weight is 506 g/mol. The Morgan fingerprint density at radius 1 is 1.30 bits per heavy atom. The lowest BCUT2D eigenvalue weighted by Gasteiger charge is -2.17. The average Bonchev–Trinajstić information content (AvgIpc) is 2.88. The largest absolute Gasteiger partial charge is 0.358 e. The summed E-state index contributed by atoms with van der Waals surface area (Å²) in [6.07, 6.45) is 2.68. The molecule has 2 rings (SSSR count). The van der Waals surface area contributed by atoms with Crippen LogP contribution < -0.4 is 10.6 Å². The van der Waals surface area contributed by atoms with Gasteiger partial charge in [0.05, 0.1) is 5.75 Å². The maximum absolute atomic E-state index is 11.3. The molecule has 0 radical (unpaired) electrons. The molecule has 1 unspecified atom stereocenters. The van der Waals surface area contributed by atoms with E-state index in [0.717, 1.165) is 24.4 Å². The highest BCUT2D eigenvalue weighted by atomic mass is 127. The van der Waals surface area contributed by atoms with Crippen LogP contribution >= 0.6 is 24.0 Å². The molecule has 0 aliphatic carbocycles. The second-order valence-electron chi connectivity index (χ2n) is 6.75. The van der Waals surface area contributed by atoms with E-state index in [4.69, 9.17) is 0 Å². The van der Waals surface area contributed by atoms with Crippen molar-refractivity contribution in [2.24, 2.45) is 4.99 Å². The number of benzene rings is 1. The van der Waals surface area contributed by atoms with E-state index < -0.39 is 9.84 Å². The number of hydrogen-bond donors (Lipinski definition) is 3. The van der Waals surface area contributed by atoms with Gasteiger partial charge in [0, 0.05) is 42.0 Å². The van der Waals surface area contributed by atoms with Gasteiger partial charge in [0.25, 0.3) is 0 Å². The summed E-state index contributed by atoms with van der Waals surface area (Å²) in [6, 6.07) is 8.35. The van der Waals surface area contributed by atoms with Crippen LogP contribution in [0.2, 0.25) is 0 Å². The predicted octanol–water partition coefficient (Wildman–Crippen LogP) is 3.02. The third-order valence-corrected chi connectivity index (χ3v) is 5.29. The first-order chi connectivity index (χ1) is 12.3. The molecule has 0 saturated carbocycles. The van der Waals surface area contributed by atoms with Crippen LogP contribution in [0.25, 0.3) is 10.9 Å². The Bertz CT molecular complexity index is 862. The molecular formula is C19H31IN4O2S. The van der Waals surface area contributed by atoms with Gasteiger partial charge in [0.2, 0.25) is 0 Å². The molecule has 1 heterocycles. The van der Waals surface area contributed by atoms with Crippen molar-refractivity contribution >= 4 is 50.7 Å². The van der Waals surface area contributed by atoms with Crippen molar-refractivity contribution in [3.63, 3.8) is 0 Å². The number of para-hydroxylation sites is 1. The van der Waals surface area contributed by atoms with Crippen molar-refractivity contribution in [3.05, 3.63) is 35.5 Å². The molecule has 0 bridgehead atoms. The maximum atomic E-state index is 11.3. The summed E-state index contributed by atoms with van der Waals surface area (Å²) in [5, 5.41) is 7.76. The molecule has 1 atom stereocenters. The highest BCUT2D eigenvalue weighted by Crippen LogP contribution is 2.22. The second-order valence-corrected chi connectivity index (χ2v) is 9.01. The molecule has 0 fully saturated rings. The summed E-state index contributed by atoms with van der Waals surface area (Å²) >= 11 is 0. The fraction of sp³-hybridized carbons (Fsp3) is 0.526. The lowest BCUT2D eigenvalue weighted by atomic mass is 10.1. The standard InChI is InChI=1S/C19H30N4O2S.HI/c1-5-20-19(22-14(2)11-13-26(4,24)25)21-12-10-16-15(3)23-18-9-7-6-8-17(16)18;/h6-9,14,23H,5,10-13H2,1-4H3,(H2,20,21,22);1H. The molecule has 6 nitrogen and oxygen atoms in total. The highest BCUT2D eigenvalue weighted by molar-refractivity contribution is 14.0. The van der Waals surface area contributed by atoms with E-state index in [0.29, 0.717) is 13.0 Å². The number of aromatic amines is 1. The molecule has 2 aromatic rings. The monoisotopic (exact) mass is 506 g/mol. The number of aromatic nitrogens is 1. The number of nitrogens with zero attached hydrogens (tertiary/aromatic N) is 1. The normalized spacial score (nSPS) is 13.3. The van der Waals surface area contributed by atoms with E-state index in [2.05, 4.69) is 45.7 Å². The topological polar surface area (TPSA) is 86.3 Å². The van der Waals surface area contributed by atoms with Gasteiger partial charge in [-0.05, 0) is 45.2 Å². The Hall–Kier alpha value is -1.29. The molecule has 27 heavy (non-hydrogen) atoms. The number of hydrogen-bond acceptors (Lipinski definition) is 3. The molecular weight excluding hydrogens is 475 g/mol. The summed E-state index contributed by atoms with van der Waals surface area (Å²) in [5.41, 5.74) is 3.63. The minimum Gasteiger partial charge on any atom is -0.358 e. The van der Waals surface area contributed by atoms with E-state index >= 15 is 0 Å². The Kier molecular flexibility index (Phi) is 9.58. The van der Waals surface area contributed by atoms with Crippen molar-refractivity contribution in [2.45, 2.75) is 39.7 Å². The number of aryl methyl sites for hydroxylation is 1. The lowest BCUT2D eigenvalue weighted by Crippen LogP contribution is -2.43. The molecule has 3 N–H and O–H groups in total. The van der Waals surface area contributed by atoms with Gasteiger partial charge in [-0.15, -0.1) is 24.0 Å². The van der Waals surface area contributed by atoms with Crippen molar-refractivity contribution in [2.75, 3.05) is 25.1 Å². The lowest BCUT2D eigenvalue weighted by molar-refractivity contribution is 0.581. The number of sulfone groups is 1. The minimum absolute atomic E-state index is 0. The molecule has 1 aromatic carbocycles. The third kappa shape index (κ3) is 7.69. The van der Waals surface area contributed by atoms with Crippen LogP contribution in [0.3, 0.4) is 0 Å². The van der Waals surface area contributed by atoms with E-state index in [9.17, 15) is 8.42 Å². The fourth-order valence-corrected chi connectivity index (χ4v) is 3.73. The summed E-state index contributed by atoms with van der Waals surface area (Å²) in [4.78, 5) is 8.07. The highest BCUT2D eigenvalue weighted by Gasteiger charge is 2.10. The molecule has 0 spiro atoms. The number of H-pyrrole nitrogens is 1. The van der Waals surface area contributed by atoms with Crippen LogP contribution in [0.1, 0.15) is 31.5 Å². The number of nitrogens with one attached hydrogen (secondary N) is 3. The third-order valence-electron chi connectivity index (χ3n) is 4.31. The smallest absolute Gasteiger partial charge is 0.191 e. The van der Waals surface area contributed by atoms with E-state index in [-0.39, 0.29) is 35.8 Å². The minimum atomic E-state index is -2.94. The molecule has 0 saturated heterocycles. The van der Waals surface area contributed by atoms with Gasteiger partial charge in [-0.3, -0.25) is 4.99 Å². The van der Waals surface area contributed by atoms with Gasteiger partial charge in [0.1, 0.15) is 9.84 Å². The van der Waals surface area contributed by atoms with Gasteiger partial charge in [-0.25, -0.2) is 8.42 Å². The van der Waals surface area contributed by atoms with Crippen LogP contribution in [0.15, 0.2) is 29.3 Å². The molecule has 152 valence electrons. The fourth-order valence-electron chi connectivity index (χ4n) is 2.95. The Morgan fingerprint density at radius 2 is 2.00 bits per heavy atom. The quantitative estimate of drug-likeness (QED) is 0.292. The van der Waals surface area contributed by atoms with Crippen LogP contribution in [-0.2, 0) is 16.3 Å². The van der Waals surface area contributed by atoms with Gasteiger partial charge < -0.3 is 15.6 Å². The SMILES string of the molecule is CCNC(=NCCc1c(C)[nH]c2ccccc12)NC(C)CCS(C)(=O)=O.I. The second kappa shape index (κ2) is 10.9. The predicted molar refractivity (Wildman–Crippen MR) is 125 cm³/mol. The number of guanidine groups is 1. The number of halogens is 1. The van der Waals surface area contributed by atoms with Gasteiger partial charge in [-0.2, -0.15) is 0 Å². The number of rotatable bonds is 8. The zero-order chi connectivity index (χ0) is 19.2. The number of aliphatic imine (C=N–C) groups is 1. The molecule has 0 aliphatic heterocycles. The zero-order valence-electron chi connectivity index (χ0n) is 16.5. The van der Waals surface area contributed by atoms with Crippen molar-refractivity contribution in [3.8, 4) is 0 Å². The first-order valence-corrected chi connectivity index (χ1v) is 11.1. The number of fused-ring (bicyclic) bond motifs is 1. The van der Waals surface area contributed by atoms with Crippen molar-refractivity contribution < 1.29 is 8.42 Å². The zero-order valence-corrected chi connectivity index (χ0v) is 19.6. The summed E-state index contributed by atoms with van der Waals surface area (Å²) in [7, 11) is -2.94. The Balaban J connectivity index is 0.00000364. The molecule has 8 heteroatoms. The van der Waals surface area contributed by atoms with Crippen molar-refractivity contribution in [1.29, 1.82) is 0 Å². The Morgan fingerprint density at radius 3 is 2.67 bits per heavy atom. The van der Waals surface area contributed by atoms with Gasteiger partial charge >= 0.3 is 0 Å². The maximum Gasteiger partial charge on any atom is 0.191 e. The summed E-state index contributed by atoms with van der Waals surface area (Å²) in [6.45, 7) is 7.51. The van der Waals surface area contributed by atoms with Gasteiger partial charge in [0.15, 0.2) is 5.96 Å². The van der Waals surface area contributed by atoms with Crippen molar-refractivity contribution in [1.82, 2.24) is 15.6 Å².